The molecule has 3 heteroatoms. The highest BCUT2D eigenvalue weighted by Crippen LogP contribution is 2.23. The van der Waals surface area contributed by atoms with Crippen molar-refractivity contribution in [1.29, 1.82) is 0 Å². The fraction of sp³-hybridized carbons (Fsp3) is 0.909. The van der Waals surface area contributed by atoms with Crippen LogP contribution >= 0.6 is 0 Å². The Hall–Kier alpha value is -0.570. The largest absolute Gasteiger partial charge is 0.394 e. The van der Waals surface area contributed by atoms with Crippen LogP contribution < -0.4 is 5.32 Å². The second kappa shape index (κ2) is 6.02. The quantitative estimate of drug-likeness (QED) is 0.720. The Balaban J connectivity index is 2.32. The summed E-state index contributed by atoms with van der Waals surface area (Å²) in [6.07, 6.45) is 6.46. The molecule has 1 amide bonds. The van der Waals surface area contributed by atoms with Crippen LogP contribution in [0.15, 0.2) is 0 Å². The number of aliphatic hydroxyl groups is 1. The van der Waals surface area contributed by atoms with Crippen molar-refractivity contribution < 1.29 is 9.90 Å². The van der Waals surface area contributed by atoms with Crippen LogP contribution in [0.1, 0.15) is 45.4 Å². The molecule has 1 rings (SSSR count). The first-order chi connectivity index (χ1) is 6.77. The lowest BCUT2D eigenvalue weighted by molar-refractivity contribution is -0.127. The maximum atomic E-state index is 11.7. The van der Waals surface area contributed by atoms with E-state index in [0.717, 1.165) is 19.3 Å². The van der Waals surface area contributed by atoms with Crippen LogP contribution in [0.2, 0.25) is 0 Å². The molecule has 0 aromatic heterocycles. The lowest BCUT2D eigenvalue weighted by Crippen LogP contribution is -2.41. The van der Waals surface area contributed by atoms with Gasteiger partial charge in [0.2, 0.25) is 5.91 Å². The fourth-order valence-electron chi connectivity index (χ4n) is 1.96. The fourth-order valence-corrected chi connectivity index (χ4v) is 1.96. The van der Waals surface area contributed by atoms with E-state index in [4.69, 9.17) is 5.11 Å². The summed E-state index contributed by atoms with van der Waals surface area (Å²) in [6.45, 7) is 2.02. The maximum Gasteiger partial charge on any atom is 0.223 e. The molecule has 14 heavy (non-hydrogen) atoms. The number of aliphatic hydroxyl groups excluding tert-OH is 1. The summed E-state index contributed by atoms with van der Waals surface area (Å²) in [5, 5.41) is 11.9. The predicted molar refractivity (Wildman–Crippen MR) is 55.9 cm³/mol. The monoisotopic (exact) mass is 199 g/mol. The number of hydrogen-bond donors (Lipinski definition) is 2. The van der Waals surface area contributed by atoms with Gasteiger partial charge in [-0.05, 0) is 19.3 Å². The summed E-state index contributed by atoms with van der Waals surface area (Å²) in [5.41, 5.74) is 0. The first-order valence-electron chi connectivity index (χ1n) is 5.69. The zero-order valence-corrected chi connectivity index (χ0v) is 8.96. The normalized spacial score (nSPS) is 20.4. The molecule has 82 valence electrons. The Morgan fingerprint density at radius 1 is 1.43 bits per heavy atom. The molecule has 0 unspecified atom stereocenters. The molecule has 0 aromatic rings. The molecule has 3 nitrogen and oxygen atoms in total. The van der Waals surface area contributed by atoms with Gasteiger partial charge in [-0.1, -0.05) is 26.2 Å². The molecule has 0 saturated heterocycles. The van der Waals surface area contributed by atoms with Crippen LogP contribution in [-0.4, -0.2) is 23.7 Å². The van der Waals surface area contributed by atoms with Gasteiger partial charge in [0.15, 0.2) is 0 Å². The summed E-state index contributed by atoms with van der Waals surface area (Å²) >= 11 is 0. The van der Waals surface area contributed by atoms with Crippen LogP contribution in [0, 0.1) is 5.92 Å². The Kier molecular flexibility index (Phi) is 4.94. The number of carbonyl (C=O) groups excluding carboxylic acids is 1. The standard InChI is InChI=1S/C11H21NO2/c1-2-10(8-13)12-11(14)9-6-4-3-5-7-9/h9-10,13H,2-8H2,1H3,(H,12,14)/t10-/m0/s1. The van der Waals surface area contributed by atoms with Crippen LogP contribution in [0.5, 0.6) is 0 Å². The molecule has 0 bridgehead atoms. The highest BCUT2D eigenvalue weighted by atomic mass is 16.3. The van der Waals surface area contributed by atoms with Crippen molar-refractivity contribution in [2.24, 2.45) is 5.92 Å². The molecule has 0 aromatic carbocycles. The number of carbonyl (C=O) groups is 1. The van der Waals surface area contributed by atoms with Crippen molar-refractivity contribution >= 4 is 5.91 Å². The van der Waals surface area contributed by atoms with E-state index in [2.05, 4.69) is 5.32 Å². The smallest absolute Gasteiger partial charge is 0.223 e. The molecule has 0 aliphatic heterocycles. The van der Waals surface area contributed by atoms with E-state index in [-0.39, 0.29) is 24.5 Å². The minimum Gasteiger partial charge on any atom is -0.394 e. The number of amides is 1. The lowest BCUT2D eigenvalue weighted by atomic mass is 9.88. The van der Waals surface area contributed by atoms with Crippen molar-refractivity contribution in [2.75, 3.05) is 6.61 Å². The number of rotatable bonds is 4. The van der Waals surface area contributed by atoms with Crippen LogP contribution in [0.4, 0.5) is 0 Å². The highest BCUT2D eigenvalue weighted by Gasteiger charge is 2.22. The van der Waals surface area contributed by atoms with E-state index in [0.29, 0.717) is 0 Å². The third-order valence-corrected chi connectivity index (χ3v) is 3.04. The van der Waals surface area contributed by atoms with Gasteiger partial charge in [0, 0.05) is 5.92 Å². The van der Waals surface area contributed by atoms with Crippen molar-refractivity contribution in [2.45, 2.75) is 51.5 Å². The van der Waals surface area contributed by atoms with Crippen molar-refractivity contribution in [3.63, 3.8) is 0 Å². The molecule has 1 saturated carbocycles. The average Bonchev–Trinajstić information content (AvgIpc) is 2.26. The SMILES string of the molecule is CC[C@@H](CO)NC(=O)C1CCCCC1. The van der Waals surface area contributed by atoms with Gasteiger partial charge in [-0.15, -0.1) is 0 Å². The summed E-state index contributed by atoms with van der Waals surface area (Å²) in [5.74, 6) is 0.343. The molecule has 1 aliphatic carbocycles. The van der Waals surface area contributed by atoms with Gasteiger partial charge >= 0.3 is 0 Å². The van der Waals surface area contributed by atoms with Gasteiger partial charge in [-0.3, -0.25) is 4.79 Å². The van der Waals surface area contributed by atoms with E-state index in [1.807, 2.05) is 6.92 Å². The minimum atomic E-state index is -0.0515. The van der Waals surface area contributed by atoms with Crippen molar-refractivity contribution in [3.05, 3.63) is 0 Å². The van der Waals surface area contributed by atoms with Gasteiger partial charge in [-0.2, -0.15) is 0 Å². The molecule has 0 spiro atoms. The predicted octanol–water partition coefficient (Wildman–Crippen LogP) is 1.45. The summed E-state index contributed by atoms with van der Waals surface area (Å²) in [4.78, 5) is 11.7. The molecule has 2 N–H and O–H groups in total. The van der Waals surface area contributed by atoms with E-state index < -0.39 is 0 Å². The Labute approximate surface area is 85.9 Å². The van der Waals surface area contributed by atoms with E-state index >= 15 is 0 Å². The summed E-state index contributed by atoms with van der Waals surface area (Å²) in [7, 11) is 0. The first kappa shape index (κ1) is 11.5. The lowest BCUT2D eigenvalue weighted by Gasteiger charge is -2.23. The molecule has 0 radical (unpaired) electrons. The van der Waals surface area contributed by atoms with Gasteiger partial charge < -0.3 is 10.4 Å². The third kappa shape index (κ3) is 3.29. The second-order valence-electron chi connectivity index (χ2n) is 4.13. The van der Waals surface area contributed by atoms with Crippen LogP contribution in [0.25, 0.3) is 0 Å². The molecule has 1 atom stereocenters. The Morgan fingerprint density at radius 3 is 2.57 bits per heavy atom. The van der Waals surface area contributed by atoms with Gasteiger partial charge in [0.25, 0.3) is 0 Å². The van der Waals surface area contributed by atoms with E-state index in [1.54, 1.807) is 0 Å². The Bertz CT molecular complexity index is 172. The molecule has 0 heterocycles. The third-order valence-electron chi connectivity index (χ3n) is 3.04. The van der Waals surface area contributed by atoms with Gasteiger partial charge in [-0.25, -0.2) is 0 Å². The summed E-state index contributed by atoms with van der Waals surface area (Å²) in [6, 6.07) is -0.0515. The average molecular weight is 199 g/mol. The van der Waals surface area contributed by atoms with Crippen molar-refractivity contribution in [1.82, 2.24) is 5.32 Å². The van der Waals surface area contributed by atoms with E-state index in [9.17, 15) is 4.79 Å². The molecular formula is C11H21NO2. The van der Waals surface area contributed by atoms with Crippen LogP contribution in [-0.2, 0) is 4.79 Å². The van der Waals surface area contributed by atoms with E-state index in [1.165, 1.54) is 19.3 Å². The first-order valence-corrected chi connectivity index (χ1v) is 5.69. The highest BCUT2D eigenvalue weighted by molar-refractivity contribution is 5.79. The molecule has 1 fully saturated rings. The zero-order chi connectivity index (χ0) is 10.4. The zero-order valence-electron chi connectivity index (χ0n) is 8.96. The Morgan fingerprint density at radius 2 is 2.07 bits per heavy atom. The van der Waals surface area contributed by atoms with Crippen LogP contribution in [0.3, 0.4) is 0 Å². The van der Waals surface area contributed by atoms with Crippen molar-refractivity contribution in [3.8, 4) is 0 Å². The maximum absolute atomic E-state index is 11.7. The summed E-state index contributed by atoms with van der Waals surface area (Å²) < 4.78 is 0. The minimum absolute atomic E-state index is 0.0506. The molecule has 1 aliphatic rings. The molecular weight excluding hydrogens is 178 g/mol. The number of hydrogen-bond acceptors (Lipinski definition) is 2. The van der Waals surface area contributed by atoms with Gasteiger partial charge in [0.05, 0.1) is 12.6 Å². The van der Waals surface area contributed by atoms with Gasteiger partial charge in [0.1, 0.15) is 0 Å². The second-order valence-corrected chi connectivity index (χ2v) is 4.13. The number of nitrogens with one attached hydrogen (secondary N) is 1. The topological polar surface area (TPSA) is 49.3 Å².